The zero-order chi connectivity index (χ0) is 30.4. The Morgan fingerprint density at radius 3 is 2.28 bits per heavy atom. The lowest BCUT2D eigenvalue weighted by atomic mass is 9.94. The number of carbonyl (C=O) groups is 3. The first-order chi connectivity index (χ1) is 20.7. The van der Waals surface area contributed by atoms with Crippen molar-refractivity contribution < 1.29 is 22.8 Å². The summed E-state index contributed by atoms with van der Waals surface area (Å²) in [5.41, 5.74) is 1.95. The van der Waals surface area contributed by atoms with Crippen LogP contribution in [0.25, 0.3) is 0 Å². The minimum atomic E-state index is -3.96. The summed E-state index contributed by atoms with van der Waals surface area (Å²) < 4.78 is 27.8. The molecule has 3 amide bonds. The highest BCUT2D eigenvalue weighted by Gasteiger charge is 2.40. The van der Waals surface area contributed by atoms with E-state index >= 15 is 0 Å². The summed E-state index contributed by atoms with van der Waals surface area (Å²) in [6.07, 6.45) is 5.60. The number of nitrogens with zero attached hydrogens (tertiary/aromatic N) is 2. The second-order valence-corrected chi connectivity index (χ2v) is 13.9. The molecule has 0 aromatic heterocycles. The quantitative estimate of drug-likeness (QED) is 0.293. The van der Waals surface area contributed by atoms with Crippen LogP contribution in [-0.4, -0.2) is 54.0 Å². The number of hydrogen-bond acceptors (Lipinski definition) is 5. The Morgan fingerprint density at radius 2 is 1.58 bits per heavy atom. The number of halogens is 1. The molecule has 5 rings (SSSR count). The minimum absolute atomic E-state index is 0.00880. The van der Waals surface area contributed by atoms with E-state index in [4.69, 9.17) is 0 Å². The molecule has 1 saturated carbocycles. The molecule has 0 saturated heterocycles. The molecule has 1 heterocycles. The Hall–Kier alpha value is -3.50. The Bertz CT molecular complexity index is 1560. The van der Waals surface area contributed by atoms with Crippen LogP contribution in [0.15, 0.2) is 88.2 Å². The van der Waals surface area contributed by atoms with Crippen molar-refractivity contribution in [1.82, 2.24) is 14.5 Å². The summed E-state index contributed by atoms with van der Waals surface area (Å²) >= 11 is 3.46. The number of fused-ring (bicyclic) bond motifs is 1. The molecule has 2 aliphatic rings. The monoisotopic (exact) mass is 665 g/mol. The van der Waals surface area contributed by atoms with Gasteiger partial charge in [-0.25, -0.2) is 12.7 Å². The van der Waals surface area contributed by atoms with Crippen LogP contribution in [0.1, 0.15) is 66.4 Å². The maximum absolute atomic E-state index is 14.0. The van der Waals surface area contributed by atoms with Gasteiger partial charge < -0.3 is 10.2 Å². The van der Waals surface area contributed by atoms with Gasteiger partial charge in [-0.2, -0.15) is 0 Å². The van der Waals surface area contributed by atoms with Crippen molar-refractivity contribution in [2.45, 2.75) is 74.9 Å². The highest BCUT2D eigenvalue weighted by Crippen LogP contribution is 2.30. The van der Waals surface area contributed by atoms with Gasteiger partial charge in [-0.3, -0.25) is 14.4 Å². The van der Waals surface area contributed by atoms with Gasteiger partial charge in [0, 0.05) is 36.4 Å². The average molecular weight is 667 g/mol. The largest absolute Gasteiger partial charge is 0.352 e. The lowest BCUT2D eigenvalue weighted by molar-refractivity contribution is -0.141. The summed E-state index contributed by atoms with van der Waals surface area (Å²) in [5.74, 6) is -1.04. The molecule has 43 heavy (non-hydrogen) atoms. The van der Waals surface area contributed by atoms with Gasteiger partial charge in [0.2, 0.25) is 11.8 Å². The number of nitrogens with one attached hydrogen (secondary N) is 1. The summed E-state index contributed by atoms with van der Waals surface area (Å²) in [7, 11) is -3.96. The zero-order valence-corrected chi connectivity index (χ0v) is 26.4. The van der Waals surface area contributed by atoms with Crippen molar-refractivity contribution in [3.05, 3.63) is 100 Å². The highest BCUT2D eigenvalue weighted by molar-refractivity contribution is 9.10. The van der Waals surface area contributed by atoms with E-state index in [1.807, 2.05) is 54.6 Å². The molecular formula is C33H36BrN3O5S. The molecule has 1 N–H and O–H groups in total. The first kappa shape index (κ1) is 30.9. The third-order valence-corrected chi connectivity index (χ3v) is 10.5. The molecule has 1 aliphatic heterocycles. The Kier molecular flexibility index (Phi) is 9.97. The average Bonchev–Trinajstić information content (AvgIpc) is 3.21. The van der Waals surface area contributed by atoms with Gasteiger partial charge in [0.05, 0.1) is 5.56 Å². The fourth-order valence-electron chi connectivity index (χ4n) is 5.85. The number of rotatable bonds is 11. The second-order valence-electron chi connectivity index (χ2n) is 11.2. The summed E-state index contributed by atoms with van der Waals surface area (Å²) in [4.78, 5) is 42.3. The lowest BCUT2D eigenvalue weighted by Gasteiger charge is -2.33. The predicted molar refractivity (Wildman–Crippen MR) is 168 cm³/mol. The molecular weight excluding hydrogens is 630 g/mol. The van der Waals surface area contributed by atoms with Crippen LogP contribution in [-0.2, 0) is 32.6 Å². The Labute approximate surface area is 261 Å². The molecule has 1 aliphatic carbocycles. The van der Waals surface area contributed by atoms with Crippen LogP contribution in [0, 0.1) is 0 Å². The van der Waals surface area contributed by atoms with E-state index < -0.39 is 22.0 Å². The molecule has 0 bridgehead atoms. The van der Waals surface area contributed by atoms with Crippen molar-refractivity contribution in [2.24, 2.45) is 0 Å². The van der Waals surface area contributed by atoms with Crippen molar-refractivity contribution in [3.63, 3.8) is 0 Å². The molecule has 3 aromatic rings. The zero-order valence-electron chi connectivity index (χ0n) is 24.0. The van der Waals surface area contributed by atoms with Gasteiger partial charge in [-0.05, 0) is 54.7 Å². The van der Waals surface area contributed by atoms with Gasteiger partial charge in [-0.15, -0.1) is 0 Å². The summed E-state index contributed by atoms with van der Waals surface area (Å²) in [5, 5.41) is 3.22. The van der Waals surface area contributed by atoms with Gasteiger partial charge >= 0.3 is 0 Å². The SMILES string of the molecule is O=C(NC1CCCCC1)[C@@H](Cc1ccccc1)N(Cc1ccc(Br)cc1)C(=O)CCCN1C(=O)c2ccccc2S1(=O)=O. The van der Waals surface area contributed by atoms with E-state index in [0.29, 0.717) is 6.42 Å². The number of sulfonamides is 1. The molecule has 1 atom stereocenters. The minimum Gasteiger partial charge on any atom is -0.352 e. The van der Waals surface area contributed by atoms with E-state index in [2.05, 4.69) is 21.2 Å². The Balaban J connectivity index is 1.37. The third-order valence-electron chi connectivity index (χ3n) is 8.15. The number of carbonyl (C=O) groups excluding carboxylic acids is 3. The van der Waals surface area contributed by atoms with Crippen LogP contribution in [0.5, 0.6) is 0 Å². The van der Waals surface area contributed by atoms with E-state index in [1.54, 1.807) is 17.0 Å². The molecule has 0 radical (unpaired) electrons. The van der Waals surface area contributed by atoms with Crippen molar-refractivity contribution in [2.75, 3.05) is 6.54 Å². The lowest BCUT2D eigenvalue weighted by Crippen LogP contribution is -2.52. The van der Waals surface area contributed by atoms with Gasteiger partial charge in [-0.1, -0.05) is 89.8 Å². The topological polar surface area (TPSA) is 104 Å². The number of amides is 3. The van der Waals surface area contributed by atoms with E-state index in [0.717, 1.165) is 52.0 Å². The normalized spacial score (nSPS) is 16.9. The predicted octanol–water partition coefficient (Wildman–Crippen LogP) is 5.46. The molecule has 1 fully saturated rings. The molecule has 226 valence electrons. The van der Waals surface area contributed by atoms with Crippen molar-refractivity contribution >= 4 is 43.7 Å². The molecule has 8 nitrogen and oxygen atoms in total. The number of hydrogen-bond donors (Lipinski definition) is 1. The standard InChI is InChI=1S/C33H36BrN3O5S/c34-26-19-17-25(18-20-26)23-36(29(22-24-10-3-1-4-11-24)32(39)35-27-12-5-2-6-13-27)31(38)16-9-21-37-33(40)28-14-7-8-15-30(28)43(37,41)42/h1,3-4,7-8,10-11,14-15,17-20,27,29H,2,5-6,9,12-13,16,21-23H2,(H,35,39)/t29-/m1/s1. The molecule has 3 aromatic carbocycles. The smallest absolute Gasteiger partial charge is 0.269 e. The van der Waals surface area contributed by atoms with E-state index in [-0.39, 0.29) is 54.2 Å². The first-order valence-electron chi connectivity index (χ1n) is 14.8. The van der Waals surface area contributed by atoms with Gasteiger partial charge in [0.1, 0.15) is 10.9 Å². The maximum Gasteiger partial charge on any atom is 0.269 e. The Morgan fingerprint density at radius 1 is 0.907 bits per heavy atom. The van der Waals surface area contributed by atoms with Crippen LogP contribution < -0.4 is 5.32 Å². The fourth-order valence-corrected chi connectivity index (χ4v) is 7.73. The van der Waals surface area contributed by atoms with Gasteiger partial charge in [0.25, 0.3) is 15.9 Å². The number of benzene rings is 3. The summed E-state index contributed by atoms with van der Waals surface area (Å²) in [6, 6.07) is 22.7. The summed E-state index contributed by atoms with van der Waals surface area (Å²) in [6.45, 7) is 0.0966. The van der Waals surface area contributed by atoms with E-state index in [1.165, 1.54) is 12.1 Å². The fraction of sp³-hybridized carbons (Fsp3) is 0.364. The van der Waals surface area contributed by atoms with Crippen LogP contribution in [0.4, 0.5) is 0 Å². The van der Waals surface area contributed by atoms with Crippen LogP contribution >= 0.6 is 15.9 Å². The van der Waals surface area contributed by atoms with Crippen molar-refractivity contribution in [1.29, 1.82) is 0 Å². The second kappa shape index (κ2) is 13.9. The third kappa shape index (κ3) is 7.36. The van der Waals surface area contributed by atoms with Crippen molar-refractivity contribution in [3.8, 4) is 0 Å². The first-order valence-corrected chi connectivity index (χ1v) is 17.0. The maximum atomic E-state index is 14.0. The van der Waals surface area contributed by atoms with E-state index in [9.17, 15) is 22.8 Å². The highest BCUT2D eigenvalue weighted by atomic mass is 79.9. The van der Waals surface area contributed by atoms with Crippen LogP contribution in [0.3, 0.4) is 0 Å². The van der Waals surface area contributed by atoms with Gasteiger partial charge in [0.15, 0.2) is 0 Å². The molecule has 0 unspecified atom stereocenters. The molecule has 0 spiro atoms. The molecule has 10 heteroatoms. The van der Waals surface area contributed by atoms with Crippen LogP contribution in [0.2, 0.25) is 0 Å².